The van der Waals surface area contributed by atoms with Gasteiger partial charge in [-0.2, -0.15) is 5.26 Å². The Morgan fingerprint density at radius 3 is 2.89 bits per heavy atom. The molecule has 3 nitrogen and oxygen atoms in total. The zero-order valence-electron chi connectivity index (χ0n) is 11.0. The summed E-state index contributed by atoms with van der Waals surface area (Å²) in [6, 6.07) is 6.29. The molecule has 0 aliphatic heterocycles. The molecule has 0 amide bonds. The second-order valence-electron chi connectivity index (χ2n) is 5.07. The number of hydrogen-bond donors (Lipinski definition) is 1. The van der Waals surface area contributed by atoms with E-state index in [9.17, 15) is 0 Å². The van der Waals surface area contributed by atoms with Gasteiger partial charge in [0.1, 0.15) is 11.9 Å². The van der Waals surface area contributed by atoms with E-state index in [0.29, 0.717) is 11.6 Å². The van der Waals surface area contributed by atoms with Gasteiger partial charge in [0.2, 0.25) is 0 Å². The highest BCUT2D eigenvalue weighted by molar-refractivity contribution is 5.51. The summed E-state index contributed by atoms with van der Waals surface area (Å²) in [4.78, 5) is 4.30. The smallest absolute Gasteiger partial charge is 0.144 e. The normalized spacial score (nSPS) is 18.0. The summed E-state index contributed by atoms with van der Waals surface area (Å²) in [7, 11) is 0. The minimum Gasteiger partial charge on any atom is -0.366 e. The molecule has 1 saturated carbocycles. The van der Waals surface area contributed by atoms with Gasteiger partial charge in [-0.05, 0) is 37.3 Å². The first-order valence-electron chi connectivity index (χ1n) is 6.96. The van der Waals surface area contributed by atoms with Crippen LogP contribution < -0.4 is 5.32 Å². The lowest BCUT2D eigenvalue weighted by molar-refractivity contribution is 0.312. The average Bonchev–Trinajstić information content (AvgIpc) is 2.46. The largest absolute Gasteiger partial charge is 0.366 e. The van der Waals surface area contributed by atoms with Crippen molar-refractivity contribution in [1.29, 1.82) is 5.26 Å². The van der Waals surface area contributed by atoms with Gasteiger partial charge in [0.25, 0.3) is 0 Å². The molecule has 1 fully saturated rings. The molecule has 1 aromatic rings. The number of aromatic nitrogens is 1. The third kappa shape index (κ3) is 3.01. The van der Waals surface area contributed by atoms with E-state index in [1.165, 1.54) is 32.1 Å². The first-order chi connectivity index (χ1) is 8.85. The van der Waals surface area contributed by atoms with E-state index in [-0.39, 0.29) is 0 Å². The molecule has 1 aliphatic carbocycles. The highest BCUT2D eigenvalue weighted by Crippen LogP contribution is 2.29. The Bertz CT molecular complexity index is 416. The third-order valence-electron chi connectivity index (χ3n) is 3.91. The predicted molar refractivity (Wildman–Crippen MR) is 73.2 cm³/mol. The van der Waals surface area contributed by atoms with E-state index in [2.05, 4.69) is 23.3 Å². The van der Waals surface area contributed by atoms with E-state index in [1.54, 1.807) is 6.20 Å². The molecular weight excluding hydrogens is 222 g/mol. The molecule has 96 valence electrons. The molecule has 2 rings (SSSR count). The molecule has 0 radical (unpaired) electrons. The molecule has 0 bridgehead atoms. The topological polar surface area (TPSA) is 48.7 Å². The van der Waals surface area contributed by atoms with Gasteiger partial charge in [0, 0.05) is 12.2 Å². The van der Waals surface area contributed by atoms with Gasteiger partial charge in [-0.1, -0.05) is 26.2 Å². The Labute approximate surface area is 109 Å². The zero-order chi connectivity index (χ0) is 12.8. The highest BCUT2D eigenvalue weighted by Gasteiger charge is 2.23. The quantitative estimate of drug-likeness (QED) is 0.876. The molecule has 1 unspecified atom stereocenters. The van der Waals surface area contributed by atoms with Crippen LogP contribution in [-0.2, 0) is 0 Å². The van der Waals surface area contributed by atoms with Crippen LogP contribution >= 0.6 is 0 Å². The summed E-state index contributed by atoms with van der Waals surface area (Å²) in [6.07, 6.45) is 9.51. The van der Waals surface area contributed by atoms with Crippen molar-refractivity contribution in [2.45, 2.75) is 51.5 Å². The maximum Gasteiger partial charge on any atom is 0.144 e. The van der Waals surface area contributed by atoms with Crippen molar-refractivity contribution in [3.63, 3.8) is 0 Å². The van der Waals surface area contributed by atoms with Crippen LogP contribution in [0.3, 0.4) is 0 Å². The van der Waals surface area contributed by atoms with Crippen LogP contribution in [0.25, 0.3) is 0 Å². The average molecular weight is 243 g/mol. The fourth-order valence-electron chi connectivity index (χ4n) is 2.88. The molecule has 1 aromatic heterocycles. The monoisotopic (exact) mass is 243 g/mol. The second kappa shape index (κ2) is 6.39. The van der Waals surface area contributed by atoms with Crippen molar-refractivity contribution in [3.05, 3.63) is 23.9 Å². The number of nitrogens with one attached hydrogen (secondary N) is 1. The molecular formula is C15H21N3. The summed E-state index contributed by atoms with van der Waals surface area (Å²) in [5.74, 6) is 1.48. The van der Waals surface area contributed by atoms with Gasteiger partial charge in [-0.3, -0.25) is 0 Å². The number of anilines is 1. The van der Waals surface area contributed by atoms with Crippen molar-refractivity contribution in [3.8, 4) is 6.07 Å². The lowest BCUT2D eigenvalue weighted by Gasteiger charge is -2.30. The maximum atomic E-state index is 9.08. The molecule has 3 heteroatoms. The fourth-order valence-corrected chi connectivity index (χ4v) is 2.88. The molecule has 1 heterocycles. The van der Waals surface area contributed by atoms with Gasteiger partial charge in [-0.25, -0.2) is 4.98 Å². The molecule has 0 saturated heterocycles. The summed E-state index contributed by atoms with van der Waals surface area (Å²) in [5.41, 5.74) is 0.645. The Balaban J connectivity index is 2.07. The molecule has 0 spiro atoms. The number of rotatable bonds is 4. The molecule has 1 atom stereocenters. The second-order valence-corrected chi connectivity index (χ2v) is 5.07. The predicted octanol–water partition coefficient (Wildman–Crippen LogP) is 3.72. The zero-order valence-corrected chi connectivity index (χ0v) is 11.0. The van der Waals surface area contributed by atoms with E-state index in [0.717, 1.165) is 18.2 Å². The summed E-state index contributed by atoms with van der Waals surface area (Å²) >= 11 is 0. The van der Waals surface area contributed by atoms with Crippen LogP contribution in [0.5, 0.6) is 0 Å². The van der Waals surface area contributed by atoms with E-state index < -0.39 is 0 Å². The van der Waals surface area contributed by atoms with Crippen LogP contribution in [0.15, 0.2) is 18.3 Å². The van der Waals surface area contributed by atoms with Crippen molar-refractivity contribution in [2.24, 2.45) is 5.92 Å². The first-order valence-corrected chi connectivity index (χ1v) is 6.96. The van der Waals surface area contributed by atoms with E-state index in [1.807, 2.05) is 12.1 Å². The number of nitriles is 1. The Morgan fingerprint density at radius 1 is 1.44 bits per heavy atom. The molecule has 1 N–H and O–H groups in total. The van der Waals surface area contributed by atoms with Crippen LogP contribution in [0, 0.1) is 17.2 Å². The van der Waals surface area contributed by atoms with Crippen LogP contribution in [0.1, 0.15) is 51.0 Å². The summed E-state index contributed by atoms with van der Waals surface area (Å²) < 4.78 is 0. The van der Waals surface area contributed by atoms with Crippen molar-refractivity contribution >= 4 is 5.82 Å². The SMILES string of the molecule is CCC(Nc1ncccc1C#N)C1CCCCC1. The highest BCUT2D eigenvalue weighted by atomic mass is 15.0. The van der Waals surface area contributed by atoms with Gasteiger partial charge in [0.15, 0.2) is 0 Å². The van der Waals surface area contributed by atoms with Crippen LogP contribution in [0.2, 0.25) is 0 Å². The standard InChI is InChI=1S/C15H21N3/c1-2-14(12-7-4-3-5-8-12)18-15-13(11-16)9-6-10-17-15/h6,9-10,12,14H,2-5,7-8H2,1H3,(H,17,18). The maximum absolute atomic E-state index is 9.08. The van der Waals surface area contributed by atoms with E-state index >= 15 is 0 Å². The van der Waals surface area contributed by atoms with Crippen LogP contribution in [-0.4, -0.2) is 11.0 Å². The Hall–Kier alpha value is -1.56. The molecule has 18 heavy (non-hydrogen) atoms. The minimum atomic E-state index is 0.451. The Morgan fingerprint density at radius 2 is 2.22 bits per heavy atom. The minimum absolute atomic E-state index is 0.451. The number of pyridine rings is 1. The fraction of sp³-hybridized carbons (Fsp3) is 0.600. The molecule has 0 aromatic carbocycles. The number of hydrogen-bond acceptors (Lipinski definition) is 3. The Kier molecular flexibility index (Phi) is 4.58. The van der Waals surface area contributed by atoms with Crippen molar-refractivity contribution in [2.75, 3.05) is 5.32 Å². The number of nitrogens with zero attached hydrogens (tertiary/aromatic N) is 2. The van der Waals surface area contributed by atoms with Crippen molar-refractivity contribution < 1.29 is 0 Å². The van der Waals surface area contributed by atoms with E-state index in [4.69, 9.17) is 5.26 Å². The lowest BCUT2D eigenvalue weighted by atomic mass is 9.83. The third-order valence-corrected chi connectivity index (χ3v) is 3.91. The molecule has 1 aliphatic rings. The van der Waals surface area contributed by atoms with Crippen molar-refractivity contribution in [1.82, 2.24) is 4.98 Å². The van der Waals surface area contributed by atoms with Crippen LogP contribution in [0.4, 0.5) is 5.82 Å². The van der Waals surface area contributed by atoms with Gasteiger partial charge >= 0.3 is 0 Å². The van der Waals surface area contributed by atoms with Gasteiger partial charge < -0.3 is 5.32 Å². The first kappa shape index (κ1) is 12.9. The van der Waals surface area contributed by atoms with Gasteiger partial charge in [0.05, 0.1) is 5.56 Å². The van der Waals surface area contributed by atoms with Gasteiger partial charge in [-0.15, -0.1) is 0 Å². The lowest BCUT2D eigenvalue weighted by Crippen LogP contribution is -2.30. The summed E-state index contributed by atoms with van der Waals surface area (Å²) in [5, 5.41) is 12.6. The summed E-state index contributed by atoms with van der Waals surface area (Å²) in [6.45, 7) is 2.21.